The zero-order valence-electron chi connectivity index (χ0n) is 39.4. The molecular weight excluding hydrogens is 605 g/mol. The van der Waals surface area contributed by atoms with Gasteiger partial charge in [0.25, 0.3) is 0 Å². The first-order chi connectivity index (χ1) is 30.2. The summed E-state index contributed by atoms with van der Waals surface area (Å²) >= 11 is 0. The fraction of sp³-hybridized carbons (Fsp3) is 0.0204. The van der Waals surface area contributed by atoms with Crippen LogP contribution in [0.4, 0.5) is 0 Å². The Morgan fingerprint density at radius 1 is 0.400 bits per heavy atom. The molecule has 0 spiro atoms. The highest BCUT2D eigenvalue weighted by Gasteiger charge is 2.16. The van der Waals surface area contributed by atoms with Crippen molar-refractivity contribution >= 4 is 54.3 Å². The smallest absolute Gasteiger partial charge is 0.136 e. The number of hydrogen-bond donors (Lipinski definition) is 0. The lowest BCUT2D eigenvalue weighted by atomic mass is 9.86. The average molecular weight is 650 g/mol. The van der Waals surface area contributed by atoms with E-state index < -0.39 is 85.0 Å². The Kier molecular flexibility index (Phi) is 4.26. The normalized spacial score (nSPS) is 15.3. The van der Waals surface area contributed by atoms with Crippen molar-refractivity contribution in [1.29, 1.82) is 0 Å². The fourth-order valence-corrected chi connectivity index (χ4v) is 7.06. The second kappa shape index (κ2) is 11.6. The zero-order valence-corrected chi connectivity index (χ0v) is 26.4. The van der Waals surface area contributed by atoms with Gasteiger partial charge >= 0.3 is 0 Å². The Morgan fingerprint density at radius 2 is 0.900 bits per heavy atom. The molecule has 0 aliphatic heterocycles. The molecule has 0 aliphatic rings. The number of hydrogen-bond acceptors (Lipinski definition) is 1. The zero-order chi connectivity index (χ0) is 44.3. The van der Waals surface area contributed by atoms with Crippen molar-refractivity contribution in [3.8, 4) is 33.4 Å². The van der Waals surface area contributed by atoms with Gasteiger partial charge in [0, 0.05) is 10.8 Å². The summed E-state index contributed by atoms with van der Waals surface area (Å²) in [5.41, 5.74) is 5.90. The molecular formula is C49H32O. The lowest BCUT2D eigenvalue weighted by Gasteiger charge is -2.18. The second-order valence-corrected chi connectivity index (χ2v) is 12.3. The van der Waals surface area contributed by atoms with Crippen molar-refractivity contribution in [3.63, 3.8) is 0 Å². The van der Waals surface area contributed by atoms with Crippen molar-refractivity contribution in [3.05, 3.63) is 193 Å². The minimum absolute atomic E-state index is 0.00947. The molecule has 234 valence electrons. The summed E-state index contributed by atoms with van der Waals surface area (Å²) < 4.78 is 120. The van der Waals surface area contributed by atoms with Crippen LogP contribution < -0.4 is 0 Å². The van der Waals surface area contributed by atoms with Gasteiger partial charge in [0.05, 0.1) is 17.8 Å². The molecule has 50 heavy (non-hydrogen) atoms. The minimum Gasteiger partial charge on any atom is -0.456 e. The Balaban J connectivity index is 1.17. The maximum atomic E-state index is 9.25. The van der Waals surface area contributed by atoms with Gasteiger partial charge in [0.2, 0.25) is 0 Å². The first kappa shape index (κ1) is 18.4. The van der Waals surface area contributed by atoms with Crippen LogP contribution in [0.3, 0.4) is 0 Å². The molecule has 1 aromatic heterocycles. The van der Waals surface area contributed by atoms with Gasteiger partial charge in [-0.3, -0.25) is 0 Å². The molecule has 10 rings (SSSR count). The standard InChI is InChI=1S/C49H32O/c1-3-11-32(12-4-1)27-46-40-15-7-9-17-44(40)49(45-18-10-8-16-41(45)46)39-22-21-34-28-35(19-20-36(34)29-39)38-24-26-43-42-25-23-37(33-13-5-2-6-14-33)30-47(42)50-48(43)31-38/h1-26,28-31H,27H2/i1D,3D,4D,7D,8D,9D,10D,11D,12D,15D,16D,17D,18D. The summed E-state index contributed by atoms with van der Waals surface area (Å²) in [5.74, 6) is 0. The van der Waals surface area contributed by atoms with Crippen LogP contribution in [0.25, 0.3) is 87.6 Å². The molecule has 0 saturated heterocycles. The molecule has 0 amide bonds. The van der Waals surface area contributed by atoms with Crippen molar-refractivity contribution in [2.75, 3.05) is 0 Å². The average Bonchev–Trinajstić information content (AvgIpc) is 3.67. The van der Waals surface area contributed by atoms with E-state index in [4.69, 9.17) is 16.8 Å². The quantitative estimate of drug-likeness (QED) is 0.169. The number of benzene rings is 9. The maximum Gasteiger partial charge on any atom is 0.136 e. The Labute approximate surface area is 308 Å². The minimum atomic E-state index is -0.615. The topological polar surface area (TPSA) is 13.1 Å². The van der Waals surface area contributed by atoms with E-state index in [1.54, 1.807) is 6.07 Å². The lowest BCUT2D eigenvalue weighted by Crippen LogP contribution is -1.95. The van der Waals surface area contributed by atoms with E-state index in [-0.39, 0.29) is 38.2 Å². The Morgan fingerprint density at radius 3 is 1.54 bits per heavy atom. The first-order valence-corrected chi connectivity index (χ1v) is 16.2. The van der Waals surface area contributed by atoms with Gasteiger partial charge in [0.15, 0.2) is 0 Å². The SMILES string of the molecule is [2H]c1c([2H])c([2H])c(Cc2c3c([2H])c([2H])c([2H])c([2H])c3c(-c3ccc4cc(-c5ccc6c(c5)oc5cc(-c7ccccc7)ccc56)ccc4c3)c3c([2H])c([2H])c([2H])c([2H])c23)c([2H])c1[2H]. The third-order valence-electron chi connectivity index (χ3n) is 9.43. The van der Waals surface area contributed by atoms with Crippen LogP contribution in [0.2, 0.25) is 0 Å². The van der Waals surface area contributed by atoms with E-state index in [1.807, 2.05) is 66.7 Å². The number of furan rings is 1. The monoisotopic (exact) mass is 649 g/mol. The predicted molar refractivity (Wildman–Crippen MR) is 212 cm³/mol. The van der Waals surface area contributed by atoms with Crippen LogP contribution >= 0.6 is 0 Å². The molecule has 1 heteroatoms. The molecule has 0 aliphatic carbocycles. The highest BCUT2D eigenvalue weighted by molar-refractivity contribution is 6.16. The molecule has 1 nitrogen and oxygen atoms in total. The van der Waals surface area contributed by atoms with Crippen molar-refractivity contribution in [1.82, 2.24) is 0 Å². The summed E-state index contributed by atoms with van der Waals surface area (Å²) in [6, 6.07) is 26.7. The first-order valence-electron chi connectivity index (χ1n) is 22.7. The second-order valence-electron chi connectivity index (χ2n) is 12.3. The molecule has 9 aromatic carbocycles. The van der Waals surface area contributed by atoms with E-state index in [0.29, 0.717) is 5.56 Å². The van der Waals surface area contributed by atoms with Gasteiger partial charge in [-0.15, -0.1) is 0 Å². The van der Waals surface area contributed by atoms with Crippen molar-refractivity contribution in [2.45, 2.75) is 6.42 Å². The highest BCUT2D eigenvalue weighted by atomic mass is 16.3. The van der Waals surface area contributed by atoms with Crippen LogP contribution in [-0.2, 0) is 6.42 Å². The van der Waals surface area contributed by atoms with Crippen LogP contribution in [0.15, 0.2) is 186 Å². The van der Waals surface area contributed by atoms with Gasteiger partial charge < -0.3 is 4.42 Å². The summed E-state index contributed by atoms with van der Waals surface area (Å²) in [5, 5.41) is 3.40. The Hall–Kier alpha value is -6.44. The van der Waals surface area contributed by atoms with E-state index in [9.17, 15) is 5.48 Å². The van der Waals surface area contributed by atoms with Crippen LogP contribution in [0.1, 0.15) is 28.9 Å². The van der Waals surface area contributed by atoms with Crippen LogP contribution in [0.5, 0.6) is 0 Å². The summed E-state index contributed by atoms with van der Waals surface area (Å²) in [4.78, 5) is 0. The van der Waals surface area contributed by atoms with Crippen LogP contribution in [-0.4, -0.2) is 0 Å². The van der Waals surface area contributed by atoms with Gasteiger partial charge in [0.1, 0.15) is 11.2 Å². The van der Waals surface area contributed by atoms with E-state index in [0.717, 1.165) is 55.0 Å². The number of fused-ring (bicyclic) bond motifs is 6. The predicted octanol–water partition coefficient (Wildman–Crippen LogP) is 13.6. The highest BCUT2D eigenvalue weighted by Crippen LogP contribution is 2.41. The van der Waals surface area contributed by atoms with E-state index in [1.165, 1.54) is 0 Å². The lowest BCUT2D eigenvalue weighted by molar-refractivity contribution is 0.669. The Bertz CT molecular complexity index is 3520. The molecule has 0 unspecified atom stereocenters. The fourth-order valence-electron chi connectivity index (χ4n) is 7.06. The summed E-state index contributed by atoms with van der Waals surface area (Å²) in [6.07, 6.45) is -0.484. The maximum absolute atomic E-state index is 9.25. The molecule has 0 bridgehead atoms. The molecule has 0 fully saturated rings. The van der Waals surface area contributed by atoms with Gasteiger partial charge in [-0.1, -0.05) is 145 Å². The van der Waals surface area contributed by atoms with Crippen molar-refractivity contribution < 1.29 is 22.2 Å². The molecule has 0 N–H and O–H groups in total. The number of rotatable bonds is 5. The van der Waals surface area contributed by atoms with E-state index >= 15 is 0 Å². The summed E-state index contributed by atoms with van der Waals surface area (Å²) in [7, 11) is 0. The molecule has 0 radical (unpaired) electrons. The molecule has 0 saturated carbocycles. The van der Waals surface area contributed by atoms with Gasteiger partial charge in [-0.2, -0.15) is 0 Å². The molecule has 10 aromatic rings. The van der Waals surface area contributed by atoms with Gasteiger partial charge in [-0.05, 0) is 120 Å². The van der Waals surface area contributed by atoms with Gasteiger partial charge in [-0.25, -0.2) is 0 Å². The van der Waals surface area contributed by atoms with Crippen molar-refractivity contribution in [2.24, 2.45) is 0 Å². The molecule has 0 atom stereocenters. The van der Waals surface area contributed by atoms with Crippen LogP contribution in [0, 0.1) is 0 Å². The third-order valence-corrected chi connectivity index (χ3v) is 9.43. The summed E-state index contributed by atoms with van der Waals surface area (Å²) in [6.45, 7) is 0. The van der Waals surface area contributed by atoms with E-state index in [2.05, 4.69) is 30.3 Å². The molecule has 1 heterocycles. The largest absolute Gasteiger partial charge is 0.456 e. The third kappa shape index (κ3) is 4.78.